The molecule has 2 aromatic heterocycles. The Balaban J connectivity index is 1.60. The van der Waals surface area contributed by atoms with E-state index < -0.39 is 0 Å². The third kappa shape index (κ3) is 4.11. The molecule has 3 aromatic rings. The standard InChI is InChI=1S/C20H24N6O2/c1-13-8-7-9-14(2)18(13)22-17(27)12-25(4)20(28)21-15(3)19-24-23-16-10-5-6-11-26(16)19/h5-11,15H,12H2,1-4H3,(H,21,28)(H,22,27)/t15-/m1/s1. The number of benzene rings is 1. The van der Waals surface area contributed by atoms with E-state index >= 15 is 0 Å². The monoisotopic (exact) mass is 380 g/mol. The number of aryl methyl sites for hydroxylation is 2. The van der Waals surface area contributed by atoms with E-state index in [1.165, 1.54) is 4.90 Å². The van der Waals surface area contributed by atoms with Crippen LogP contribution in [-0.4, -0.2) is 45.0 Å². The summed E-state index contributed by atoms with van der Waals surface area (Å²) in [5.74, 6) is 0.368. The summed E-state index contributed by atoms with van der Waals surface area (Å²) in [7, 11) is 1.58. The number of hydrogen-bond acceptors (Lipinski definition) is 4. The summed E-state index contributed by atoms with van der Waals surface area (Å²) < 4.78 is 1.82. The maximum absolute atomic E-state index is 12.5. The van der Waals surface area contributed by atoms with E-state index in [4.69, 9.17) is 0 Å². The number of nitrogens with one attached hydrogen (secondary N) is 2. The molecule has 0 radical (unpaired) electrons. The van der Waals surface area contributed by atoms with E-state index in [1.54, 1.807) is 7.05 Å². The van der Waals surface area contributed by atoms with Gasteiger partial charge in [0.15, 0.2) is 11.5 Å². The van der Waals surface area contributed by atoms with Crippen LogP contribution in [0.5, 0.6) is 0 Å². The van der Waals surface area contributed by atoms with Crippen molar-refractivity contribution in [3.8, 4) is 0 Å². The molecule has 0 fully saturated rings. The minimum atomic E-state index is -0.367. The molecule has 8 nitrogen and oxygen atoms in total. The zero-order valence-corrected chi connectivity index (χ0v) is 16.4. The lowest BCUT2D eigenvalue weighted by molar-refractivity contribution is -0.116. The fourth-order valence-corrected chi connectivity index (χ4v) is 2.99. The van der Waals surface area contributed by atoms with Gasteiger partial charge in [-0.1, -0.05) is 24.3 Å². The number of amides is 3. The van der Waals surface area contributed by atoms with Gasteiger partial charge < -0.3 is 15.5 Å². The van der Waals surface area contributed by atoms with E-state index in [-0.39, 0.29) is 24.5 Å². The van der Waals surface area contributed by atoms with Gasteiger partial charge in [-0.15, -0.1) is 10.2 Å². The Bertz CT molecular complexity index is 993. The predicted octanol–water partition coefficient (Wildman–Crippen LogP) is 2.69. The molecule has 0 spiro atoms. The van der Waals surface area contributed by atoms with Gasteiger partial charge in [-0.2, -0.15) is 0 Å². The van der Waals surface area contributed by atoms with Crippen LogP contribution in [0.2, 0.25) is 0 Å². The van der Waals surface area contributed by atoms with Crippen LogP contribution in [0.3, 0.4) is 0 Å². The number of rotatable bonds is 5. The van der Waals surface area contributed by atoms with Gasteiger partial charge in [-0.25, -0.2) is 4.79 Å². The molecule has 146 valence electrons. The van der Waals surface area contributed by atoms with Crippen LogP contribution < -0.4 is 10.6 Å². The van der Waals surface area contributed by atoms with Crippen molar-refractivity contribution in [1.82, 2.24) is 24.8 Å². The maximum Gasteiger partial charge on any atom is 0.318 e. The van der Waals surface area contributed by atoms with Crippen LogP contribution in [0.25, 0.3) is 5.65 Å². The fourth-order valence-electron chi connectivity index (χ4n) is 2.99. The molecular weight excluding hydrogens is 356 g/mol. The Morgan fingerprint density at radius 2 is 1.82 bits per heavy atom. The Hall–Kier alpha value is -3.42. The average Bonchev–Trinajstić information content (AvgIpc) is 3.09. The Morgan fingerprint density at radius 3 is 2.54 bits per heavy atom. The van der Waals surface area contributed by atoms with Crippen molar-refractivity contribution in [2.45, 2.75) is 26.8 Å². The van der Waals surface area contributed by atoms with Crippen molar-refractivity contribution >= 4 is 23.3 Å². The summed E-state index contributed by atoms with van der Waals surface area (Å²) in [6, 6.07) is 10.7. The molecule has 0 saturated heterocycles. The first-order chi connectivity index (χ1) is 13.4. The van der Waals surface area contributed by atoms with Crippen LogP contribution in [0.4, 0.5) is 10.5 Å². The normalized spacial score (nSPS) is 11.9. The van der Waals surface area contributed by atoms with Crippen LogP contribution in [0, 0.1) is 13.8 Å². The lowest BCUT2D eigenvalue weighted by atomic mass is 10.1. The summed E-state index contributed by atoms with van der Waals surface area (Å²) in [5.41, 5.74) is 3.45. The molecule has 3 rings (SSSR count). The highest BCUT2D eigenvalue weighted by atomic mass is 16.2. The molecule has 0 aliphatic rings. The predicted molar refractivity (Wildman–Crippen MR) is 107 cm³/mol. The van der Waals surface area contributed by atoms with Crippen molar-refractivity contribution in [1.29, 1.82) is 0 Å². The van der Waals surface area contributed by atoms with Crippen LogP contribution >= 0.6 is 0 Å². The highest BCUT2D eigenvalue weighted by Gasteiger charge is 2.19. The van der Waals surface area contributed by atoms with Crippen LogP contribution in [0.1, 0.15) is 29.9 Å². The van der Waals surface area contributed by atoms with Gasteiger partial charge in [-0.05, 0) is 44.0 Å². The molecule has 0 aliphatic heterocycles. The van der Waals surface area contributed by atoms with Gasteiger partial charge in [0.1, 0.15) is 6.54 Å². The number of nitrogens with zero attached hydrogens (tertiary/aromatic N) is 4. The maximum atomic E-state index is 12.5. The zero-order valence-electron chi connectivity index (χ0n) is 16.4. The third-order valence-electron chi connectivity index (χ3n) is 4.54. The van der Waals surface area contributed by atoms with Gasteiger partial charge in [0, 0.05) is 18.9 Å². The largest absolute Gasteiger partial charge is 0.328 e. The average molecular weight is 380 g/mol. The number of para-hydroxylation sites is 1. The van der Waals surface area contributed by atoms with Gasteiger partial charge in [-0.3, -0.25) is 9.20 Å². The quantitative estimate of drug-likeness (QED) is 0.712. The second-order valence-corrected chi connectivity index (χ2v) is 6.83. The molecule has 0 aliphatic carbocycles. The SMILES string of the molecule is Cc1cccc(C)c1NC(=O)CN(C)C(=O)N[C@H](C)c1nnc2ccccn12. The first-order valence-electron chi connectivity index (χ1n) is 9.04. The number of anilines is 1. The molecule has 0 saturated carbocycles. The van der Waals surface area contributed by atoms with E-state index in [9.17, 15) is 9.59 Å². The Labute approximate surface area is 163 Å². The summed E-state index contributed by atoms with van der Waals surface area (Å²) in [5, 5.41) is 14.0. The Kier molecular flexibility index (Phi) is 5.58. The van der Waals surface area contributed by atoms with Gasteiger partial charge >= 0.3 is 6.03 Å². The number of urea groups is 1. The second-order valence-electron chi connectivity index (χ2n) is 6.83. The van der Waals surface area contributed by atoms with Crippen LogP contribution in [-0.2, 0) is 4.79 Å². The number of hydrogen-bond donors (Lipinski definition) is 2. The zero-order chi connectivity index (χ0) is 20.3. The number of carbonyl (C=O) groups is 2. The summed E-state index contributed by atoms with van der Waals surface area (Å²) in [4.78, 5) is 26.2. The molecule has 2 heterocycles. The van der Waals surface area contributed by atoms with Crippen molar-refractivity contribution in [3.05, 3.63) is 59.5 Å². The lowest BCUT2D eigenvalue weighted by Gasteiger charge is -2.21. The fraction of sp³-hybridized carbons (Fsp3) is 0.300. The molecule has 8 heteroatoms. The number of aromatic nitrogens is 3. The molecule has 3 amide bonds. The van der Waals surface area contributed by atoms with E-state index in [2.05, 4.69) is 20.8 Å². The number of likely N-dealkylation sites (N-methyl/N-ethyl adjacent to an activating group) is 1. The van der Waals surface area contributed by atoms with Crippen molar-refractivity contribution in [2.75, 3.05) is 18.9 Å². The first kappa shape index (κ1) is 19.3. The molecule has 1 aromatic carbocycles. The smallest absolute Gasteiger partial charge is 0.318 e. The number of fused-ring (bicyclic) bond motifs is 1. The van der Waals surface area contributed by atoms with E-state index in [0.717, 1.165) is 16.8 Å². The highest BCUT2D eigenvalue weighted by molar-refractivity contribution is 5.95. The van der Waals surface area contributed by atoms with Gasteiger partial charge in [0.2, 0.25) is 5.91 Å². The summed E-state index contributed by atoms with van der Waals surface area (Å²) >= 11 is 0. The molecule has 1 atom stereocenters. The van der Waals surface area contributed by atoms with Crippen LogP contribution in [0.15, 0.2) is 42.6 Å². The third-order valence-corrected chi connectivity index (χ3v) is 4.54. The van der Waals surface area contributed by atoms with E-state index in [0.29, 0.717) is 11.5 Å². The van der Waals surface area contributed by atoms with E-state index in [1.807, 2.05) is 67.8 Å². The molecule has 2 N–H and O–H groups in total. The van der Waals surface area contributed by atoms with Gasteiger partial charge in [0.25, 0.3) is 0 Å². The number of carbonyl (C=O) groups excluding carboxylic acids is 2. The molecule has 0 unspecified atom stereocenters. The molecular formula is C20H24N6O2. The first-order valence-corrected chi connectivity index (χ1v) is 9.04. The van der Waals surface area contributed by atoms with Crippen molar-refractivity contribution in [2.24, 2.45) is 0 Å². The summed E-state index contributed by atoms with van der Waals surface area (Å²) in [6.07, 6.45) is 1.84. The lowest BCUT2D eigenvalue weighted by Crippen LogP contribution is -2.42. The molecule has 0 bridgehead atoms. The van der Waals surface area contributed by atoms with Crippen molar-refractivity contribution in [3.63, 3.8) is 0 Å². The second kappa shape index (κ2) is 8.08. The highest BCUT2D eigenvalue weighted by Crippen LogP contribution is 2.19. The minimum absolute atomic E-state index is 0.0626. The Morgan fingerprint density at radius 1 is 1.11 bits per heavy atom. The molecule has 28 heavy (non-hydrogen) atoms. The minimum Gasteiger partial charge on any atom is -0.328 e. The topological polar surface area (TPSA) is 91.6 Å². The summed E-state index contributed by atoms with van der Waals surface area (Å²) in [6.45, 7) is 5.63. The van der Waals surface area contributed by atoms with Gasteiger partial charge in [0.05, 0.1) is 6.04 Å². The number of pyridine rings is 1. The van der Waals surface area contributed by atoms with Crippen molar-refractivity contribution < 1.29 is 9.59 Å².